The van der Waals surface area contributed by atoms with E-state index in [1.54, 1.807) is 0 Å². The SMILES string of the molecule is CN(C)CC1=C(c2cccnc2)c2ccccc2C1. The summed E-state index contributed by atoms with van der Waals surface area (Å²) in [4.78, 5) is 6.50. The van der Waals surface area contributed by atoms with Crippen molar-refractivity contribution in [1.29, 1.82) is 0 Å². The lowest BCUT2D eigenvalue weighted by atomic mass is 9.99. The molecule has 0 bridgehead atoms. The summed E-state index contributed by atoms with van der Waals surface area (Å²) >= 11 is 0. The van der Waals surface area contributed by atoms with Crippen LogP contribution < -0.4 is 0 Å². The smallest absolute Gasteiger partial charge is 0.0346 e. The number of fused-ring (bicyclic) bond motifs is 1. The van der Waals surface area contributed by atoms with Gasteiger partial charge in [-0.1, -0.05) is 30.3 Å². The van der Waals surface area contributed by atoms with Crippen molar-refractivity contribution in [2.75, 3.05) is 20.6 Å². The molecule has 1 aliphatic rings. The molecule has 2 heteroatoms. The molecule has 1 aliphatic carbocycles. The first-order valence-corrected chi connectivity index (χ1v) is 6.61. The van der Waals surface area contributed by atoms with E-state index < -0.39 is 0 Å². The van der Waals surface area contributed by atoms with Gasteiger partial charge >= 0.3 is 0 Å². The number of benzene rings is 1. The number of likely N-dealkylation sites (N-methyl/N-ethyl adjacent to an activating group) is 1. The van der Waals surface area contributed by atoms with E-state index >= 15 is 0 Å². The van der Waals surface area contributed by atoms with E-state index in [0.29, 0.717) is 0 Å². The molecule has 3 rings (SSSR count). The average Bonchev–Trinajstić information content (AvgIpc) is 2.76. The van der Waals surface area contributed by atoms with Gasteiger partial charge in [-0.2, -0.15) is 0 Å². The van der Waals surface area contributed by atoms with Gasteiger partial charge in [-0.25, -0.2) is 0 Å². The summed E-state index contributed by atoms with van der Waals surface area (Å²) in [5.74, 6) is 0. The number of pyridine rings is 1. The quantitative estimate of drug-likeness (QED) is 0.832. The predicted molar refractivity (Wildman–Crippen MR) is 79.0 cm³/mol. The van der Waals surface area contributed by atoms with Crippen molar-refractivity contribution in [3.63, 3.8) is 0 Å². The highest BCUT2D eigenvalue weighted by molar-refractivity contribution is 5.87. The van der Waals surface area contributed by atoms with Crippen molar-refractivity contribution in [1.82, 2.24) is 9.88 Å². The number of aromatic nitrogens is 1. The molecule has 0 unspecified atom stereocenters. The highest BCUT2D eigenvalue weighted by Gasteiger charge is 2.22. The van der Waals surface area contributed by atoms with Gasteiger partial charge in [0.25, 0.3) is 0 Å². The number of nitrogens with zero attached hydrogens (tertiary/aromatic N) is 2. The molecule has 0 saturated heterocycles. The zero-order valence-corrected chi connectivity index (χ0v) is 11.4. The van der Waals surface area contributed by atoms with Gasteiger partial charge in [0.2, 0.25) is 0 Å². The Kier molecular flexibility index (Phi) is 3.18. The third kappa shape index (κ3) is 2.32. The molecule has 0 aliphatic heterocycles. The normalized spacial score (nSPS) is 14.1. The Morgan fingerprint density at radius 2 is 1.95 bits per heavy atom. The van der Waals surface area contributed by atoms with Crippen molar-refractivity contribution < 1.29 is 0 Å². The first-order chi connectivity index (χ1) is 9.25. The van der Waals surface area contributed by atoms with Gasteiger partial charge in [-0.3, -0.25) is 4.98 Å². The van der Waals surface area contributed by atoms with Gasteiger partial charge in [0.15, 0.2) is 0 Å². The van der Waals surface area contributed by atoms with E-state index in [1.807, 2.05) is 18.5 Å². The molecular formula is C17H18N2. The first-order valence-electron chi connectivity index (χ1n) is 6.61. The molecular weight excluding hydrogens is 232 g/mol. The monoisotopic (exact) mass is 250 g/mol. The van der Waals surface area contributed by atoms with Gasteiger partial charge in [0.05, 0.1) is 0 Å². The fourth-order valence-electron chi connectivity index (χ4n) is 2.81. The van der Waals surface area contributed by atoms with E-state index in [4.69, 9.17) is 0 Å². The highest BCUT2D eigenvalue weighted by atomic mass is 15.0. The lowest BCUT2D eigenvalue weighted by Crippen LogP contribution is -2.15. The molecule has 96 valence electrons. The van der Waals surface area contributed by atoms with Crippen LogP contribution in [0.2, 0.25) is 0 Å². The van der Waals surface area contributed by atoms with Crippen LogP contribution >= 0.6 is 0 Å². The molecule has 0 atom stereocenters. The van der Waals surface area contributed by atoms with Crippen LogP contribution in [-0.2, 0) is 6.42 Å². The van der Waals surface area contributed by atoms with Crippen molar-refractivity contribution in [3.05, 3.63) is 71.1 Å². The Hall–Kier alpha value is -1.93. The Morgan fingerprint density at radius 1 is 1.11 bits per heavy atom. The fraction of sp³-hybridized carbons (Fsp3) is 0.235. The van der Waals surface area contributed by atoms with Crippen LogP contribution in [0.25, 0.3) is 5.57 Å². The Bertz CT molecular complexity index is 612. The summed E-state index contributed by atoms with van der Waals surface area (Å²) in [6, 6.07) is 12.9. The molecule has 0 saturated carbocycles. The summed E-state index contributed by atoms with van der Waals surface area (Å²) in [6.45, 7) is 0.999. The second-order valence-electron chi connectivity index (χ2n) is 5.29. The van der Waals surface area contributed by atoms with E-state index in [0.717, 1.165) is 13.0 Å². The second-order valence-corrected chi connectivity index (χ2v) is 5.29. The Morgan fingerprint density at radius 3 is 2.68 bits per heavy atom. The van der Waals surface area contributed by atoms with Crippen molar-refractivity contribution >= 4 is 5.57 Å². The highest BCUT2D eigenvalue weighted by Crippen LogP contribution is 2.37. The van der Waals surface area contributed by atoms with Crippen molar-refractivity contribution in [3.8, 4) is 0 Å². The summed E-state index contributed by atoms with van der Waals surface area (Å²) in [5.41, 5.74) is 6.88. The number of rotatable bonds is 3. The minimum Gasteiger partial charge on any atom is -0.305 e. The molecule has 0 fully saturated rings. The molecule has 19 heavy (non-hydrogen) atoms. The minimum absolute atomic E-state index is 0.999. The molecule has 1 heterocycles. The minimum atomic E-state index is 0.999. The van der Waals surface area contributed by atoms with Gasteiger partial charge in [-0.05, 0) is 48.9 Å². The zero-order chi connectivity index (χ0) is 13.2. The topological polar surface area (TPSA) is 16.1 Å². The van der Waals surface area contributed by atoms with Gasteiger partial charge < -0.3 is 4.90 Å². The third-order valence-corrected chi connectivity index (χ3v) is 3.50. The van der Waals surface area contributed by atoms with Crippen molar-refractivity contribution in [2.45, 2.75) is 6.42 Å². The van der Waals surface area contributed by atoms with E-state index in [9.17, 15) is 0 Å². The molecule has 1 aromatic heterocycles. The van der Waals surface area contributed by atoms with Crippen LogP contribution in [0.1, 0.15) is 16.7 Å². The van der Waals surface area contributed by atoms with Crippen LogP contribution in [0.4, 0.5) is 0 Å². The lowest BCUT2D eigenvalue weighted by molar-refractivity contribution is 0.443. The zero-order valence-electron chi connectivity index (χ0n) is 11.4. The molecule has 0 N–H and O–H groups in total. The average molecular weight is 250 g/mol. The summed E-state index contributed by atoms with van der Waals surface area (Å²) in [6.07, 6.45) is 4.85. The maximum atomic E-state index is 4.27. The summed E-state index contributed by atoms with van der Waals surface area (Å²) < 4.78 is 0. The maximum absolute atomic E-state index is 4.27. The summed E-state index contributed by atoms with van der Waals surface area (Å²) in [7, 11) is 4.24. The second kappa shape index (κ2) is 4.98. The van der Waals surface area contributed by atoms with Crippen LogP contribution in [-0.4, -0.2) is 30.5 Å². The third-order valence-electron chi connectivity index (χ3n) is 3.50. The standard InChI is InChI=1S/C17H18N2/c1-19(2)12-15-10-13-6-3-4-8-16(13)17(15)14-7-5-9-18-11-14/h3-9,11H,10,12H2,1-2H3. The van der Waals surface area contributed by atoms with Crippen LogP contribution in [0.5, 0.6) is 0 Å². The van der Waals surface area contributed by atoms with Gasteiger partial charge in [0, 0.05) is 24.5 Å². The fourth-order valence-corrected chi connectivity index (χ4v) is 2.81. The Balaban J connectivity index is 2.12. The van der Waals surface area contributed by atoms with Crippen molar-refractivity contribution in [2.24, 2.45) is 0 Å². The molecule has 2 nitrogen and oxygen atoms in total. The van der Waals surface area contributed by atoms with E-state index in [2.05, 4.69) is 54.3 Å². The maximum Gasteiger partial charge on any atom is 0.0346 e. The molecule has 0 amide bonds. The van der Waals surface area contributed by atoms with Crippen LogP contribution in [0.15, 0.2) is 54.4 Å². The van der Waals surface area contributed by atoms with Gasteiger partial charge in [-0.15, -0.1) is 0 Å². The largest absolute Gasteiger partial charge is 0.305 e. The predicted octanol–water partition coefficient (Wildman–Crippen LogP) is 3.00. The first kappa shape index (κ1) is 12.1. The lowest BCUT2D eigenvalue weighted by Gasteiger charge is -2.13. The number of hydrogen-bond acceptors (Lipinski definition) is 2. The summed E-state index contributed by atoms with van der Waals surface area (Å²) in [5, 5.41) is 0. The van der Waals surface area contributed by atoms with E-state index in [-0.39, 0.29) is 0 Å². The molecule has 0 spiro atoms. The Labute approximate surface area is 114 Å². The molecule has 1 aromatic carbocycles. The molecule has 2 aromatic rings. The van der Waals surface area contributed by atoms with Crippen LogP contribution in [0, 0.1) is 0 Å². The molecule has 0 radical (unpaired) electrons. The van der Waals surface area contributed by atoms with Crippen LogP contribution in [0.3, 0.4) is 0 Å². The van der Waals surface area contributed by atoms with E-state index in [1.165, 1.54) is 27.8 Å². The number of hydrogen-bond donors (Lipinski definition) is 0. The van der Waals surface area contributed by atoms with Gasteiger partial charge in [0.1, 0.15) is 0 Å².